The number of rotatable bonds is 3. The number of halogens is 1. The lowest BCUT2D eigenvalue weighted by atomic mass is 10.3. The first kappa shape index (κ1) is 11.4. The molecule has 0 aliphatic rings. The predicted molar refractivity (Wildman–Crippen MR) is 64.5 cm³/mol. The summed E-state index contributed by atoms with van der Waals surface area (Å²) in [5.41, 5.74) is 7.84. The van der Waals surface area contributed by atoms with Crippen molar-refractivity contribution in [2.45, 2.75) is 6.04 Å². The van der Waals surface area contributed by atoms with Crippen LogP contribution in [0.4, 0.5) is 0 Å². The van der Waals surface area contributed by atoms with Gasteiger partial charge in [0.05, 0.1) is 23.7 Å². The van der Waals surface area contributed by atoms with Gasteiger partial charge in [-0.2, -0.15) is 0 Å². The van der Waals surface area contributed by atoms with Crippen LogP contribution in [0.15, 0.2) is 18.2 Å². The maximum atomic E-state index is 5.97. The highest BCUT2D eigenvalue weighted by Crippen LogP contribution is 2.21. The van der Waals surface area contributed by atoms with Crippen LogP contribution in [0.25, 0.3) is 11.0 Å². The van der Waals surface area contributed by atoms with Crippen molar-refractivity contribution in [3.8, 4) is 0 Å². The summed E-state index contributed by atoms with van der Waals surface area (Å²) in [5.74, 6) is 0.805. The van der Waals surface area contributed by atoms with E-state index < -0.39 is 0 Å². The van der Waals surface area contributed by atoms with Crippen LogP contribution in [-0.2, 0) is 11.8 Å². The molecule has 2 aromatic rings. The summed E-state index contributed by atoms with van der Waals surface area (Å²) in [6, 6.07) is 5.39. The average molecular weight is 240 g/mol. The average Bonchev–Trinajstić information content (AvgIpc) is 2.56. The first-order valence-electron chi connectivity index (χ1n) is 5.00. The summed E-state index contributed by atoms with van der Waals surface area (Å²) in [4.78, 5) is 4.47. The minimum Gasteiger partial charge on any atom is -0.383 e. The number of nitrogens with two attached hydrogens (primary N) is 1. The molecule has 2 N–H and O–H groups in total. The summed E-state index contributed by atoms with van der Waals surface area (Å²) < 4.78 is 7.00. The molecule has 86 valence electrons. The van der Waals surface area contributed by atoms with Crippen LogP contribution in [-0.4, -0.2) is 23.3 Å². The van der Waals surface area contributed by atoms with Crippen LogP contribution in [0.1, 0.15) is 11.9 Å². The van der Waals surface area contributed by atoms with Gasteiger partial charge >= 0.3 is 0 Å². The molecule has 0 fully saturated rings. The van der Waals surface area contributed by atoms with Crippen LogP contribution in [0.2, 0.25) is 5.02 Å². The van der Waals surface area contributed by atoms with E-state index in [9.17, 15) is 0 Å². The fourth-order valence-corrected chi connectivity index (χ4v) is 1.94. The maximum Gasteiger partial charge on any atom is 0.128 e. The summed E-state index contributed by atoms with van der Waals surface area (Å²) >= 11 is 5.92. The fourth-order valence-electron chi connectivity index (χ4n) is 1.78. The number of nitrogens with zero attached hydrogens (tertiary/aromatic N) is 2. The van der Waals surface area contributed by atoms with Crippen LogP contribution >= 0.6 is 11.6 Å². The first-order chi connectivity index (χ1) is 7.63. The van der Waals surface area contributed by atoms with Crippen molar-refractivity contribution < 1.29 is 4.74 Å². The normalized spacial score (nSPS) is 13.2. The van der Waals surface area contributed by atoms with Crippen molar-refractivity contribution in [1.29, 1.82) is 0 Å². The Morgan fingerprint density at radius 2 is 2.31 bits per heavy atom. The van der Waals surface area contributed by atoms with E-state index in [4.69, 9.17) is 22.1 Å². The molecule has 0 amide bonds. The van der Waals surface area contributed by atoms with Gasteiger partial charge in [-0.3, -0.25) is 0 Å². The second-order valence-electron chi connectivity index (χ2n) is 3.72. The summed E-state index contributed by atoms with van der Waals surface area (Å²) in [5, 5.41) is 0.678. The second kappa shape index (κ2) is 4.41. The van der Waals surface area contributed by atoms with Crippen molar-refractivity contribution in [2.75, 3.05) is 13.7 Å². The van der Waals surface area contributed by atoms with Gasteiger partial charge in [0.2, 0.25) is 0 Å². The maximum absolute atomic E-state index is 5.97. The third kappa shape index (κ3) is 1.91. The Labute approximate surface area is 99.0 Å². The van der Waals surface area contributed by atoms with E-state index in [-0.39, 0.29) is 6.04 Å². The Kier molecular flexibility index (Phi) is 3.14. The van der Waals surface area contributed by atoms with Crippen LogP contribution in [0.5, 0.6) is 0 Å². The number of fused-ring (bicyclic) bond motifs is 1. The quantitative estimate of drug-likeness (QED) is 0.890. The van der Waals surface area contributed by atoms with Gasteiger partial charge in [-0.1, -0.05) is 11.6 Å². The topological polar surface area (TPSA) is 53.1 Å². The van der Waals surface area contributed by atoms with Gasteiger partial charge in [0, 0.05) is 19.2 Å². The van der Waals surface area contributed by atoms with Crippen LogP contribution < -0.4 is 5.73 Å². The molecule has 0 radical (unpaired) electrons. The van der Waals surface area contributed by atoms with Crippen molar-refractivity contribution in [1.82, 2.24) is 9.55 Å². The van der Waals surface area contributed by atoms with Gasteiger partial charge in [-0.15, -0.1) is 0 Å². The lowest BCUT2D eigenvalue weighted by Gasteiger charge is -2.09. The third-order valence-electron chi connectivity index (χ3n) is 2.56. The highest BCUT2D eigenvalue weighted by atomic mass is 35.5. The molecule has 0 saturated heterocycles. The molecule has 0 aliphatic carbocycles. The summed E-state index contributed by atoms with van der Waals surface area (Å²) in [7, 11) is 3.56. The smallest absolute Gasteiger partial charge is 0.128 e. The van der Waals surface area contributed by atoms with E-state index in [1.807, 2.05) is 29.8 Å². The monoisotopic (exact) mass is 239 g/mol. The minimum absolute atomic E-state index is 0.221. The Hall–Kier alpha value is -1.10. The molecule has 1 aromatic heterocycles. The zero-order valence-electron chi connectivity index (χ0n) is 9.27. The van der Waals surface area contributed by atoms with E-state index in [1.165, 1.54) is 0 Å². The zero-order chi connectivity index (χ0) is 11.7. The van der Waals surface area contributed by atoms with E-state index in [1.54, 1.807) is 7.11 Å². The SMILES string of the molecule is COCC(N)c1nc2cc(Cl)ccc2n1C. The highest BCUT2D eigenvalue weighted by Gasteiger charge is 2.14. The molecule has 1 heterocycles. The molecule has 1 aromatic carbocycles. The lowest BCUT2D eigenvalue weighted by Crippen LogP contribution is -2.20. The Morgan fingerprint density at radius 1 is 1.56 bits per heavy atom. The van der Waals surface area contributed by atoms with Crippen LogP contribution in [0.3, 0.4) is 0 Å². The molecule has 0 saturated carbocycles. The number of aromatic nitrogens is 2. The van der Waals surface area contributed by atoms with Crippen molar-refractivity contribution in [2.24, 2.45) is 12.8 Å². The fraction of sp³-hybridized carbons (Fsp3) is 0.364. The van der Waals surface area contributed by atoms with Crippen molar-refractivity contribution in [3.63, 3.8) is 0 Å². The minimum atomic E-state index is -0.221. The molecule has 5 heteroatoms. The Bertz CT molecular complexity index is 509. The molecular formula is C11H14ClN3O. The number of imidazole rings is 1. The molecule has 0 spiro atoms. The van der Waals surface area contributed by atoms with Crippen molar-refractivity contribution >= 4 is 22.6 Å². The first-order valence-corrected chi connectivity index (χ1v) is 5.37. The van der Waals surface area contributed by atoms with E-state index in [2.05, 4.69) is 4.98 Å². The van der Waals surface area contributed by atoms with Gasteiger partial charge in [0.15, 0.2) is 0 Å². The summed E-state index contributed by atoms with van der Waals surface area (Å²) in [6.45, 7) is 0.449. The van der Waals surface area contributed by atoms with Gasteiger partial charge in [-0.05, 0) is 18.2 Å². The number of methoxy groups -OCH3 is 1. The Balaban J connectivity index is 2.51. The summed E-state index contributed by atoms with van der Waals surface area (Å²) in [6.07, 6.45) is 0. The Morgan fingerprint density at radius 3 is 3.00 bits per heavy atom. The number of ether oxygens (including phenoxy) is 1. The van der Waals surface area contributed by atoms with Crippen LogP contribution in [0, 0.1) is 0 Å². The predicted octanol–water partition coefficient (Wildman–Crippen LogP) is 1.87. The highest BCUT2D eigenvalue weighted by molar-refractivity contribution is 6.31. The van der Waals surface area contributed by atoms with Crippen molar-refractivity contribution in [3.05, 3.63) is 29.0 Å². The van der Waals surface area contributed by atoms with Gasteiger partial charge in [0.1, 0.15) is 5.82 Å². The zero-order valence-corrected chi connectivity index (χ0v) is 10.0. The van der Waals surface area contributed by atoms with Gasteiger partial charge in [0.25, 0.3) is 0 Å². The van der Waals surface area contributed by atoms with E-state index in [0.29, 0.717) is 11.6 Å². The molecule has 1 unspecified atom stereocenters. The molecule has 4 nitrogen and oxygen atoms in total. The molecule has 0 aliphatic heterocycles. The van der Waals surface area contributed by atoms with E-state index in [0.717, 1.165) is 16.9 Å². The van der Waals surface area contributed by atoms with E-state index >= 15 is 0 Å². The number of aryl methyl sites for hydroxylation is 1. The molecule has 1 atom stereocenters. The van der Waals surface area contributed by atoms with Gasteiger partial charge < -0.3 is 15.0 Å². The standard InChI is InChI=1S/C11H14ClN3O/c1-15-10-4-3-7(12)5-9(10)14-11(15)8(13)6-16-2/h3-5,8H,6,13H2,1-2H3. The molecule has 16 heavy (non-hydrogen) atoms. The third-order valence-corrected chi connectivity index (χ3v) is 2.79. The number of benzene rings is 1. The number of hydrogen-bond donors (Lipinski definition) is 1. The van der Waals surface area contributed by atoms with Gasteiger partial charge in [-0.25, -0.2) is 4.98 Å². The number of hydrogen-bond acceptors (Lipinski definition) is 3. The lowest BCUT2D eigenvalue weighted by molar-refractivity contribution is 0.177. The largest absolute Gasteiger partial charge is 0.383 e. The second-order valence-corrected chi connectivity index (χ2v) is 4.16. The molecule has 2 rings (SSSR count). The molecule has 0 bridgehead atoms. The molecular weight excluding hydrogens is 226 g/mol.